The molecule has 0 aliphatic carbocycles. The second-order valence-corrected chi connectivity index (χ2v) is 7.91. The zero-order valence-electron chi connectivity index (χ0n) is 15.7. The summed E-state index contributed by atoms with van der Waals surface area (Å²) in [5.41, 5.74) is 3.84. The Morgan fingerprint density at radius 2 is 1.52 bits per heavy atom. The fourth-order valence-corrected chi connectivity index (χ4v) is 2.32. The molecule has 0 radical (unpaired) electrons. The van der Waals surface area contributed by atoms with Gasteiger partial charge in [-0.05, 0) is 5.56 Å². The van der Waals surface area contributed by atoms with Crippen molar-refractivity contribution in [1.82, 2.24) is 0 Å². The van der Waals surface area contributed by atoms with Crippen molar-refractivity contribution in [3.63, 3.8) is 0 Å². The Morgan fingerprint density at radius 1 is 0.913 bits per heavy atom. The second kappa shape index (κ2) is 7.60. The van der Waals surface area contributed by atoms with E-state index in [4.69, 9.17) is 4.74 Å². The topological polar surface area (TPSA) is 9.23 Å². The fourth-order valence-electron chi connectivity index (χ4n) is 2.32. The number of ether oxygens (including phenoxy) is 1. The minimum Gasteiger partial charge on any atom is -0.514 e. The Kier molecular flexibility index (Phi) is 6.57. The normalized spacial score (nSPS) is 11.7. The molecule has 0 aliphatic heterocycles. The third-order valence-electron chi connectivity index (χ3n) is 3.80. The summed E-state index contributed by atoms with van der Waals surface area (Å²) < 4.78 is 6.06. The average molecular weight is 302 g/mol. The van der Waals surface area contributed by atoms with Crippen molar-refractivity contribution in [3.8, 4) is 5.75 Å². The van der Waals surface area contributed by atoms with Gasteiger partial charge >= 0.3 is 18.9 Å². The van der Waals surface area contributed by atoms with Crippen LogP contribution in [0.3, 0.4) is 0 Å². The zero-order chi connectivity index (χ0) is 16.4. The summed E-state index contributed by atoms with van der Waals surface area (Å²) in [6, 6.07) is 18.0. The first kappa shape index (κ1) is 19.9. The molecule has 0 atom stereocenters. The van der Waals surface area contributed by atoms with Crippen LogP contribution in [-0.2, 0) is 17.4 Å². The molecule has 0 heterocycles. The SMILES string of the molecule is CC(C)(C)c1c[c-]c(OCc2ccccc2)c(C(C)(C)C)c1.[Li+]. The van der Waals surface area contributed by atoms with Crippen molar-refractivity contribution >= 4 is 0 Å². The van der Waals surface area contributed by atoms with Crippen molar-refractivity contribution < 1.29 is 23.6 Å². The Morgan fingerprint density at radius 3 is 2.04 bits per heavy atom. The minimum absolute atomic E-state index is 0. The van der Waals surface area contributed by atoms with E-state index in [0.29, 0.717) is 6.61 Å². The van der Waals surface area contributed by atoms with E-state index in [1.807, 2.05) is 18.2 Å². The molecule has 0 aliphatic rings. The Labute approximate surface area is 153 Å². The number of hydrogen-bond donors (Lipinski definition) is 0. The van der Waals surface area contributed by atoms with E-state index in [1.165, 1.54) is 16.7 Å². The van der Waals surface area contributed by atoms with E-state index in [0.717, 1.165) is 5.75 Å². The monoisotopic (exact) mass is 302 g/mol. The predicted molar refractivity (Wildman–Crippen MR) is 93.5 cm³/mol. The van der Waals surface area contributed by atoms with Crippen molar-refractivity contribution in [2.75, 3.05) is 0 Å². The Balaban J connectivity index is 0.00000264. The molecule has 0 fully saturated rings. The van der Waals surface area contributed by atoms with Crippen molar-refractivity contribution in [2.45, 2.75) is 59.0 Å². The first-order chi connectivity index (χ1) is 10.2. The first-order valence-electron chi connectivity index (χ1n) is 7.91. The molecule has 0 spiro atoms. The molecule has 23 heavy (non-hydrogen) atoms. The molecule has 0 aromatic heterocycles. The summed E-state index contributed by atoms with van der Waals surface area (Å²) in [5, 5.41) is 0. The summed E-state index contributed by atoms with van der Waals surface area (Å²) in [6.07, 6.45) is 0. The smallest absolute Gasteiger partial charge is 0.514 e. The Bertz CT molecular complexity index is 619. The van der Waals surface area contributed by atoms with Crippen LogP contribution in [0.2, 0.25) is 0 Å². The number of hydrogen-bond acceptors (Lipinski definition) is 1. The molecule has 2 rings (SSSR count). The molecule has 2 aromatic rings. The van der Waals surface area contributed by atoms with Crippen LogP contribution in [0.25, 0.3) is 0 Å². The maximum Gasteiger partial charge on any atom is 1.00 e. The summed E-state index contributed by atoms with van der Waals surface area (Å²) in [6.45, 7) is 13.9. The van der Waals surface area contributed by atoms with Gasteiger partial charge in [-0.2, -0.15) is 17.7 Å². The molecule has 0 saturated heterocycles. The van der Waals surface area contributed by atoms with Crippen LogP contribution in [0.5, 0.6) is 5.75 Å². The van der Waals surface area contributed by atoms with Crippen LogP contribution in [0.15, 0.2) is 42.5 Å². The maximum absolute atomic E-state index is 6.06. The third kappa shape index (κ3) is 5.45. The van der Waals surface area contributed by atoms with Crippen LogP contribution in [-0.4, -0.2) is 0 Å². The van der Waals surface area contributed by atoms with Crippen LogP contribution in [0, 0.1) is 6.07 Å². The summed E-state index contributed by atoms with van der Waals surface area (Å²) in [5.74, 6) is 0.865. The summed E-state index contributed by atoms with van der Waals surface area (Å²) in [4.78, 5) is 0. The molecule has 0 bridgehead atoms. The van der Waals surface area contributed by atoms with Gasteiger partial charge in [0.1, 0.15) is 6.61 Å². The molecular weight excluding hydrogens is 275 g/mol. The van der Waals surface area contributed by atoms with E-state index in [-0.39, 0.29) is 29.7 Å². The molecule has 118 valence electrons. The van der Waals surface area contributed by atoms with E-state index in [1.54, 1.807) is 0 Å². The van der Waals surface area contributed by atoms with E-state index in [9.17, 15) is 0 Å². The van der Waals surface area contributed by atoms with Crippen LogP contribution < -0.4 is 23.6 Å². The van der Waals surface area contributed by atoms with E-state index < -0.39 is 0 Å². The van der Waals surface area contributed by atoms with Gasteiger partial charge in [0, 0.05) is 5.75 Å². The maximum atomic E-state index is 6.06. The molecule has 0 saturated carbocycles. The Hall–Kier alpha value is -1.16. The van der Waals surface area contributed by atoms with Crippen molar-refractivity contribution in [2.24, 2.45) is 0 Å². The molecule has 2 heteroatoms. The van der Waals surface area contributed by atoms with Crippen LogP contribution in [0.1, 0.15) is 58.2 Å². The number of benzene rings is 2. The first-order valence-corrected chi connectivity index (χ1v) is 7.91. The molecular formula is C21H27LiO. The summed E-state index contributed by atoms with van der Waals surface area (Å²) in [7, 11) is 0. The predicted octanol–water partition coefficient (Wildman–Crippen LogP) is 2.66. The van der Waals surface area contributed by atoms with E-state index in [2.05, 4.69) is 71.9 Å². The van der Waals surface area contributed by atoms with Crippen molar-refractivity contribution in [1.29, 1.82) is 0 Å². The minimum atomic E-state index is 0. The van der Waals surface area contributed by atoms with Gasteiger partial charge in [0.25, 0.3) is 0 Å². The van der Waals surface area contributed by atoms with Crippen LogP contribution >= 0.6 is 0 Å². The second-order valence-electron chi connectivity index (χ2n) is 7.91. The van der Waals surface area contributed by atoms with Gasteiger partial charge in [-0.1, -0.05) is 82.7 Å². The fraction of sp³-hybridized carbons (Fsp3) is 0.429. The number of rotatable bonds is 3. The molecule has 1 nitrogen and oxygen atoms in total. The quantitative estimate of drug-likeness (QED) is 0.626. The van der Waals surface area contributed by atoms with Gasteiger partial charge in [-0.3, -0.25) is 0 Å². The summed E-state index contributed by atoms with van der Waals surface area (Å²) >= 11 is 0. The van der Waals surface area contributed by atoms with Gasteiger partial charge in [-0.15, -0.1) is 11.6 Å². The molecule has 2 aromatic carbocycles. The largest absolute Gasteiger partial charge is 1.00 e. The van der Waals surface area contributed by atoms with Gasteiger partial charge in [0.05, 0.1) is 0 Å². The average Bonchev–Trinajstić information content (AvgIpc) is 2.44. The van der Waals surface area contributed by atoms with Crippen molar-refractivity contribution in [3.05, 3.63) is 65.2 Å². The molecule has 0 amide bonds. The van der Waals surface area contributed by atoms with Gasteiger partial charge in [0.2, 0.25) is 0 Å². The zero-order valence-corrected chi connectivity index (χ0v) is 15.7. The van der Waals surface area contributed by atoms with Crippen LogP contribution in [0.4, 0.5) is 0 Å². The standard InChI is InChI=1S/C21H27O.Li/c1-20(2,3)17-12-13-19(18(14-17)21(4,5)6)22-15-16-10-8-7-9-11-16;/h7-12,14H,15H2,1-6H3;/q-1;+1. The van der Waals surface area contributed by atoms with Gasteiger partial charge in [0.15, 0.2) is 0 Å². The van der Waals surface area contributed by atoms with Gasteiger partial charge < -0.3 is 4.74 Å². The van der Waals surface area contributed by atoms with E-state index >= 15 is 0 Å². The van der Waals surface area contributed by atoms with Gasteiger partial charge in [-0.25, -0.2) is 0 Å². The molecule has 0 N–H and O–H groups in total. The molecule has 0 unspecified atom stereocenters. The third-order valence-corrected chi connectivity index (χ3v) is 3.80.